The van der Waals surface area contributed by atoms with Crippen molar-refractivity contribution in [3.05, 3.63) is 48.0 Å². The molecular weight excluding hydrogens is 222 g/mol. The van der Waals surface area contributed by atoms with E-state index >= 15 is 0 Å². The smallest absolute Gasteiger partial charge is 0.251 e. The summed E-state index contributed by atoms with van der Waals surface area (Å²) < 4.78 is 0. The summed E-state index contributed by atoms with van der Waals surface area (Å²) in [6, 6.07) is 13.6. The molecule has 0 aliphatic rings. The molecule has 2 rings (SSSR count). The highest BCUT2D eigenvalue weighted by atomic mass is 35.5. The average Bonchev–Trinajstić information content (AvgIpc) is 2.35. The van der Waals surface area contributed by atoms with Crippen LogP contribution in [0, 0.1) is 0 Å². The van der Waals surface area contributed by atoms with Gasteiger partial charge in [-0.2, -0.15) is 0 Å². The van der Waals surface area contributed by atoms with Crippen molar-refractivity contribution in [3.8, 4) is 0 Å². The van der Waals surface area contributed by atoms with Gasteiger partial charge in [-0.1, -0.05) is 30.3 Å². The van der Waals surface area contributed by atoms with Gasteiger partial charge >= 0.3 is 0 Å². The van der Waals surface area contributed by atoms with E-state index in [1.54, 1.807) is 0 Å². The van der Waals surface area contributed by atoms with Gasteiger partial charge in [0, 0.05) is 18.0 Å². The average molecular weight is 234 g/mol. The molecule has 0 heterocycles. The van der Waals surface area contributed by atoms with Crippen molar-refractivity contribution in [2.75, 3.05) is 12.4 Å². The van der Waals surface area contributed by atoms with Gasteiger partial charge in [-0.05, 0) is 22.9 Å². The van der Waals surface area contributed by atoms with E-state index in [4.69, 9.17) is 11.6 Å². The first-order valence-electron chi connectivity index (χ1n) is 5.14. The highest BCUT2D eigenvalue weighted by molar-refractivity contribution is 6.18. The summed E-state index contributed by atoms with van der Waals surface area (Å²) >= 11 is 5.51. The third-order valence-electron chi connectivity index (χ3n) is 2.39. The molecule has 0 atom stereocenters. The molecule has 2 aromatic carbocycles. The van der Waals surface area contributed by atoms with E-state index in [9.17, 15) is 4.79 Å². The molecule has 0 radical (unpaired) electrons. The summed E-state index contributed by atoms with van der Waals surface area (Å²) in [5, 5.41) is 4.95. The zero-order valence-electron chi connectivity index (χ0n) is 8.74. The lowest BCUT2D eigenvalue weighted by Gasteiger charge is -2.04. The van der Waals surface area contributed by atoms with Gasteiger partial charge < -0.3 is 5.32 Å². The molecule has 0 unspecified atom stereocenters. The van der Waals surface area contributed by atoms with E-state index in [0.29, 0.717) is 18.0 Å². The molecular formula is C13H12ClNO. The molecule has 82 valence electrons. The lowest BCUT2D eigenvalue weighted by molar-refractivity contribution is 0.0956. The van der Waals surface area contributed by atoms with Crippen LogP contribution in [0.1, 0.15) is 10.4 Å². The van der Waals surface area contributed by atoms with Crippen molar-refractivity contribution in [3.63, 3.8) is 0 Å². The summed E-state index contributed by atoms with van der Waals surface area (Å²) in [5.74, 6) is 0.352. The Balaban J connectivity index is 2.28. The molecule has 1 N–H and O–H groups in total. The molecule has 1 amide bonds. The Morgan fingerprint density at radius 3 is 2.62 bits per heavy atom. The lowest BCUT2D eigenvalue weighted by atomic mass is 10.1. The van der Waals surface area contributed by atoms with Crippen molar-refractivity contribution in [1.82, 2.24) is 5.32 Å². The minimum absolute atomic E-state index is 0.0774. The number of rotatable bonds is 3. The van der Waals surface area contributed by atoms with Crippen LogP contribution in [0.3, 0.4) is 0 Å². The first-order chi connectivity index (χ1) is 7.81. The fourth-order valence-corrected chi connectivity index (χ4v) is 1.69. The summed E-state index contributed by atoms with van der Waals surface area (Å²) in [6.45, 7) is 0.493. The maximum Gasteiger partial charge on any atom is 0.251 e. The van der Waals surface area contributed by atoms with E-state index in [0.717, 1.165) is 10.8 Å². The Bertz CT molecular complexity index is 510. The van der Waals surface area contributed by atoms with Crippen LogP contribution in [-0.2, 0) is 0 Å². The van der Waals surface area contributed by atoms with Crippen molar-refractivity contribution in [1.29, 1.82) is 0 Å². The molecule has 0 aliphatic heterocycles. The molecule has 2 nitrogen and oxygen atoms in total. The van der Waals surface area contributed by atoms with E-state index in [2.05, 4.69) is 5.32 Å². The highest BCUT2D eigenvalue weighted by Gasteiger charge is 2.04. The number of hydrogen-bond acceptors (Lipinski definition) is 1. The predicted octanol–water partition coefficient (Wildman–Crippen LogP) is 2.81. The lowest BCUT2D eigenvalue weighted by Crippen LogP contribution is -2.25. The molecule has 0 bridgehead atoms. The van der Waals surface area contributed by atoms with E-state index in [-0.39, 0.29) is 5.91 Å². The van der Waals surface area contributed by atoms with E-state index < -0.39 is 0 Å². The summed E-state index contributed by atoms with van der Waals surface area (Å²) in [7, 11) is 0. The Morgan fingerprint density at radius 2 is 1.88 bits per heavy atom. The molecule has 0 spiro atoms. The standard InChI is InChI=1S/C13H12ClNO/c14-7-8-15-13(16)12-6-5-10-3-1-2-4-11(10)9-12/h1-6,9H,7-8H2,(H,15,16). The number of amides is 1. The van der Waals surface area contributed by atoms with Crippen LogP contribution >= 0.6 is 11.6 Å². The van der Waals surface area contributed by atoms with Crippen LogP contribution < -0.4 is 5.32 Å². The van der Waals surface area contributed by atoms with Crippen LogP contribution in [0.2, 0.25) is 0 Å². The molecule has 0 saturated carbocycles. The minimum Gasteiger partial charge on any atom is -0.351 e. The molecule has 0 aliphatic carbocycles. The van der Waals surface area contributed by atoms with Crippen LogP contribution in [0.4, 0.5) is 0 Å². The Hall–Kier alpha value is -1.54. The fourth-order valence-electron chi connectivity index (χ4n) is 1.59. The Kier molecular flexibility index (Phi) is 3.42. The predicted molar refractivity (Wildman–Crippen MR) is 67.0 cm³/mol. The van der Waals surface area contributed by atoms with Crippen molar-refractivity contribution >= 4 is 28.3 Å². The monoisotopic (exact) mass is 233 g/mol. The van der Waals surface area contributed by atoms with Crippen LogP contribution in [0.25, 0.3) is 10.8 Å². The Morgan fingerprint density at radius 1 is 1.12 bits per heavy atom. The second-order valence-electron chi connectivity index (χ2n) is 3.51. The van der Waals surface area contributed by atoms with Gasteiger partial charge in [-0.25, -0.2) is 0 Å². The van der Waals surface area contributed by atoms with Crippen LogP contribution in [0.5, 0.6) is 0 Å². The molecule has 2 aromatic rings. The zero-order valence-corrected chi connectivity index (χ0v) is 9.50. The minimum atomic E-state index is -0.0774. The summed E-state index contributed by atoms with van der Waals surface area (Å²) in [5.41, 5.74) is 0.670. The van der Waals surface area contributed by atoms with Crippen molar-refractivity contribution in [2.45, 2.75) is 0 Å². The molecule has 0 aromatic heterocycles. The van der Waals surface area contributed by atoms with Gasteiger partial charge in [0.05, 0.1) is 0 Å². The summed E-state index contributed by atoms with van der Waals surface area (Å²) in [6.07, 6.45) is 0. The van der Waals surface area contributed by atoms with Crippen molar-refractivity contribution < 1.29 is 4.79 Å². The number of carbonyl (C=O) groups is 1. The van der Waals surface area contributed by atoms with Gasteiger partial charge in [0.1, 0.15) is 0 Å². The van der Waals surface area contributed by atoms with E-state index in [1.807, 2.05) is 42.5 Å². The number of alkyl halides is 1. The normalized spacial score (nSPS) is 10.3. The van der Waals surface area contributed by atoms with Gasteiger partial charge in [0.2, 0.25) is 0 Å². The second kappa shape index (κ2) is 4.99. The fraction of sp³-hybridized carbons (Fsp3) is 0.154. The topological polar surface area (TPSA) is 29.1 Å². The quantitative estimate of drug-likeness (QED) is 0.812. The number of benzene rings is 2. The number of carbonyl (C=O) groups excluding carboxylic acids is 1. The molecule has 0 saturated heterocycles. The number of hydrogen-bond donors (Lipinski definition) is 1. The van der Waals surface area contributed by atoms with Gasteiger partial charge in [-0.3, -0.25) is 4.79 Å². The zero-order chi connectivity index (χ0) is 11.4. The van der Waals surface area contributed by atoms with Crippen LogP contribution in [0.15, 0.2) is 42.5 Å². The highest BCUT2D eigenvalue weighted by Crippen LogP contribution is 2.15. The molecule has 0 fully saturated rings. The van der Waals surface area contributed by atoms with Gasteiger partial charge in [0.15, 0.2) is 0 Å². The number of nitrogens with one attached hydrogen (secondary N) is 1. The first-order valence-corrected chi connectivity index (χ1v) is 5.67. The third kappa shape index (κ3) is 2.34. The maximum atomic E-state index is 11.7. The second-order valence-corrected chi connectivity index (χ2v) is 3.88. The maximum absolute atomic E-state index is 11.7. The van der Waals surface area contributed by atoms with Gasteiger partial charge in [0.25, 0.3) is 5.91 Å². The third-order valence-corrected chi connectivity index (χ3v) is 2.58. The van der Waals surface area contributed by atoms with Crippen LogP contribution in [-0.4, -0.2) is 18.3 Å². The molecule has 3 heteroatoms. The number of halogens is 1. The first kappa shape index (κ1) is 11.0. The summed E-state index contributed by atoms with van der Waals surface area (Å²) in [4.78, 5) is 11.7. The largest absolute Gasteiger partial charge is 0.351 e. The SMILES string of the molecule is O=C(NCCCl)c1ccc2ccccc2c1. The number of fused-ring (bicyclic) bond motifs is 1. The van der Waals surface area contributed by atoms with Crippen molar-refractivity contribution in [2.24, 2.45) is 0 Å². The molecule has 16 heavy (non-hydrogen) atoms. The Labute approximate surface area is 99.2 Å². The van der Waals surface area contributed by atoms with E-state index in [1.165, 1.54) is 0 Å². The van der Waals surface area contributed by atoms with Gasteiger partial charge in [-0.15, -0.1) is 11.6 Å².